The summed E-state index contributed by atoms with van der Waals surface area (Å²) in [5, 5.41) is 0.658. The van der Waals surface area contributed by atoms with Gasteiger partial charge in [-0.25, -0.2) is 4.39 Å². The molecule has 1 aliphatic carbocycles. The van der Waals surface area contributed by atoms with Crippen molar-refractivity contribution in [2.24, 2.45) is 11.1 Å². The molecule has 0 saturated heterocycles. The van der Waals surface area contributed by atoms with E-state index in [9.17, 15) is 14.0 Å². The number of fused-ring (bicyclic) bond motifs is 1. The van der Waals surface area contributed by atoms with Crippen LogP contribution in [0.1, 0.15) is 12.8 Å². The van der Waals surface area contributed by atoms with E-state index in [0.29, 0.717) is 58.1 Å². The van der Waals surface area contributed by atoms with Crippen LogP contribution in [-0.4, -0.2) is 31.0 Å². The number of ether oxygens (including phenoxy) is 3. The topological polar surface area (TPSA) is 104 Å². The highest BCUT2D eigenvalue weighted by atomic mass is 19.1. The van der Waals surface area contributed by atoms with E-state index in [-0.39, 0.29) is 0 Å². The van der Waals surface area contributed by atoms with Gasteiger partial charge in [-0.15, -0.1) is 0 Å². The van der Waals surface area contributed by atoms with Crippen molar-refractivity contribution >= 4 is 34.1 Å². The maximum Gasteiger partial charge on any atom is 0.247 e. The molecule has 188 valence electrons. The number of carbonyl (C=O) groups is 2. The minimum atomic E-state index is -1.31. The van der Waals surface area contributed by atoms with E-state index in [1.54, 1.807) is 55.8 Å². The first kappa shape index (κ1) is 24.1. The molecule has 1 aliphatic rings. The van der Waals surface area contributed by atoms with Crippen LogP contribution in [0.2, 0.25) is 0 Å². The molecule has 0 radical (unpaired) electrons. The highest BCUT2D eigenvalue weighted by Crippen LogP contribution is 2.50. The standard InChI is InChI=1S/C28H24FN3O5/c1-35-24-15-19-20(16-25(24)36-2)31-14-11-22(19)37-23-6-4-3-5-21(23)32(18-9-7-17(29)8-10-18)27(34)28(12-13-28)26(30)33/h3-11,14-16H,12-13H2,1-2H3,(H2,30,33). The number of para-hydroxylation sites is 2. The molecule has 2 N–H and O–H groups in total. The second kappa shape index (κ2) is 9.42. The van der Waals surface area contributed by atoms with Gasteiger partial charge in [-0.2, -0.15) is 0 Å². The van der Waals surface area contributed by atoms with E-state index in [1.807, 2.05) is 0 Å². The Morgan fingerprint density at radius 1 is 0.919 bits per heavy atom. The highest BCUT2D eigenvalue weighted by Gasteiger charge is 2.57. The number of carbonyl (C=O) groups excluding carboxylic acids is 2. The van der Waals surface area contributed by atoms with Crippen molar-refractivity contribution in [1.82, 2.24) is 4.98 Å². The first-order valence-electron chi connectivity index (χ1n) is 11.6. The lowest BCUT2D eigenvalue weighted by molar-refractivity contribution is -0.133. The zero-order chi connectivity index (χ0) is 26.2. The van der Waals surface area contributed by atoms with E-state index in [4.69, 9.17) is 19.9 Å². The van der Waals surface area contributed by atoms with Gasteiger partial charge in [-0.1, -0.05) is 12.1 Å². The predicted molar refractivity (Wildman–Crippen MR) is 136 cm³/mol. The van der Waals surface area contributed by atoms with E-state index in [1.165, 1.54) is 36.3 Å². The van der Waals surface area contributed by atoms with Gasteiger partial charge in [-0.3, -0.25) is 19.5 Å². The van der Waals surface area contributed by atoms with Crippen LogP contribution in [0.15, 0.2) is 72.9 Å². The lowest BCUT2D eigenvalue weighted by Gasteiger charge is -2.28. The molecule has 1 heterocycles. The normalized spacial score (nSPS) is 13.6. The molecule has 1 fully saturated rings. The van der Waals surface area contributed by atoms with Crippen LogP contribution in [0.3, 0.4) is 0 Å². The third kappa shape index (κ3) is 4.29. The summed E-state index contributed by atoms with van der Waals surface area (Å²) < 4.78 is 30.9. The van der Waals surface area contributed by atoms with Gasteiger partial charge < -0.3 is 19.9 Å². The minimum absolute atomic E-state index is 0.336. The van der Waals surface area contributed by atoms with Gasteiger partial charge in [-0.05, 0) is 61.4 Å². The average Bonchev–Trinajstić information content (AvgIpc) is 3.73. The maximum atomic E-state index is 13.8. The monoisotopic (exact) mass is 501 g/mol. The number of nitrogens with two attached hydrogens (primary N) is 1. The molecule has 0 aliphatic heterocycles. The fraction of sp³-hybridized carbons (Fsp3) is 0.179. The number of primary amides is 1. The molecule has 37 heavy (non-hydrogen) atoms. The Kier molecular flexibility index (Phi) is 6.12. The maximum absolute atomic E-state index is 13.8. The molecule has 4 aromatic rings. The number of benzene rings is 3. The van der Waals surface area contributed by atoms with Crippen LogP contribution < -0.4 is 24.8 Å². The fourth-order valence-electron chi connectivity index (χ4n) is 4.24. The quantitative estimate of drug-likeness (QED) is 0.337. The largest absolute Gasteiger partial charge is 0.493 e. The molecule has 3 aromatic carbocycles. The van der Waals surface area contributed by atoms with Crippen LogP contribution in [0.5, 0.6) is 23.0 Å². The summed E-state index contributed by atoms with van der Waals surface area (Å²) in [5.41, 5.74) is 5.67. The number of hydrogen-bond donors (Lipinski definition) is 1. The van der Waals surface area contributed by atoms with Crippen molar-refractivity contribution in [3.05, 3.63) is 78.7 Å². The first-order valence-corrected chi connectivity index (χ1v) is 11.6. The number of hydrogen-bond acceptors (Lipinski definition) is 6. The van der Waals surface area contributed by atoms with Crippen molar-refractivity contribution < 1.29 is 28.2 Å². The highest BCUT2D eigenvalue weighted by molar-refractivity contribution is 6.17. The second-order valence-electron chi connectivity index (χ2n) is 8.67. The molecule has 1 aromatic heterocycles. The second-order valence-corrected chi connectivity index (χ2v) is 8.67. The van der Waals surface area contributed by atoms with Gasteiger partial charge in [0.05, 0.1) is 25.4 Å². The van der Waals surface area contributed by atoms with Gasteiger partial charge in [0.25, 0.3) is 0 Å². The number of nitrogens with zero attached hydrogens (tertiary/aromatic N) is 2. The minimum Gasteiger partial charge on any atom is -0.493 e. The molecular formula is C28H24FN3O5. The van der Waals surface area contributed by atoms with E-state index in [2.05, 4.69) is 4.98 Å². The molecule has 0 atom stereocenters. The van der Waals surface area contributed by atoms with Gasteiger partial charge in [0.2, 0.25) is 11.8 Å². The zero-order valence-corrected chi connectivity index (χ0v) is 20.2. The van der Waals surface area contributed by atoms with Crippen molar-refractivity contribution in [3.8, 4) is 23.0 Å². The fourth-order valence-corrected chi connectivity index (χ4v) is 4.24. The van der Waals surface area contributed by atoms with Gasteiger partial charge in [0.15, 0.2) is 17.2 Å². The van der Waals surface area contributed by atoms with E-state index < -0.39 is 23.0 Å². The van der Waals surface area contributed by atoms with Gasteiger partial charge in [0, 0.05) is 23.3 Å². The van der Waals surface area contributed by atoms with Crippen molar-refractivity contribution in [1.29, 1.82) is 0 Å². The predicted octanol–water partition coefficient (Wildman–Crippen LogP) is 5.11. The number of halogens is 1. The van der Waals surface area contributed by atoms with Crippen molar-refractivity contribution in [2.75, 3.05) is 19.1 Å². The van der Waals surface area contributed by atoms with Crippen molar-refractivity contribution in [2.45, 2.75) is 12.8 Å². The summed E-state index contributed by atoms with van der Waals surface area (Å²) in [7, 11) is 3.08. The molecule has 0 spiro atoms. The Morgan fingerprint density at radius 2 is 1.59 bits per heavy atom. The lowest BCUT2D eigenvalue weighted by atomic mass is 10.0. The number of aromatic nitrogens is 1. The Balaban J connectivity index is 1.63. The third-order valence-corrected chi connectivity index (χ3v) is 6.45. The number of methoxy groups -OCH3 is 2. The van der Waals surface area contributed by atoms with Crippen LogP contribution in [-0.2, 0) is 9.59 Å². The molecule has 0 unspecified atom stereocenters. The molecular weight excluding hydrogens is 477 g/mol. The zero-order valence-electron chi connectivity index (χ0n) is 20.2. The molecule has 8 nitrogen and oxygen atoms in total. The first-order chi connectivity index (χ1) is 17.9. The SMILES string of the molecule is COc1cc2nccc(Oc3ccccc3N(C(=O)C3(C(N)=O)CC3)c3ccc(F)cc3)c2cc1OC. The Bertz CT molecular complexity index is 1500. The average molecular weight is 502 g/mol. The Labute approximate surface area is 212 Å². The van der Waals surface area contributed by atoms with Crippen LogP contribution >= 0.6 is 0 Å². The number of pyridine rings is 1. The number of anilines is 2. The smallest absolute Gasteiger partial charge is 0.247 e. The summed E-state index contributed by atoms with van der Waals surface area (Å²) in [5.74, 6) is 0.182. The Morgan fingerprint density at radius 3 is 2.24 bits per heavy atom. The molecule has 5 rings (SSSR count). The summed E-state index contributed by atoms with van der Waals surface area (Å²) in [4.78, 5) is 31.8. The third-order valence-electron chi connectivity index (χ3n) is 6.45. The summed E-state index contributed by atoms with van der Waals surface area (Å²) >= 11 is 0. The number of amides is 2. The lowest BCUT2D eigenvalue weighted by Crippen LogP contribution is -2.41. The summed E-state index contributed by atoms with van der Waals surface area (Å²) in [6, 6.07) is 17.5. The molecule has 2 amide bonds. The van der Waals surface area contributed by atoms with Crippen molar-refractivity contribution in [3.63, 3.8) is 0 Å². The molecule has 0 bridgehead atoms. The van der Waals surface area contributed by atoms with Gasteiger partial charge >= 0.3 is 0 Å². The van der Waals surface area contributed by atoms with Crippen LogP contribution in [0.4, 0.5) is 15.8 Å². The van der Waals surface area contributed by atoms with Crippen LogP contribution in [0.25, 0.3) is 10.9 Å². The van der Waals surface area contributed by atoms with E-state index in [0.717, 1.165) is 0 Å². The van der Waals surface area contributed by atoms with Gasteiger partial charge in [0.1, 0.15) is 17.0 Å². The summed E-state index contributed by atoms with van der Waals surface area (Å²) in [6.45, 7) is 0. The molecule has 9 heteroatoms. The number of rotatable bonds is 8. The molecule has 1 saturated carbocycles. The van der Waals surface area contributed by atoms with E-state index >= 15 is 0 Å². The van der Waals surface area contributed by atoms with Crippen LogP contribution in [0, 0.1) is 11.2 Å². The Hall–Kier alpha value is -4.66. The summed E-state index contributed by atoms with van der Waals surface area (Å²) in [6.07, 6.45) is 2.29.